The normalized spacial score (nSPS) is 30.6. The van der Waals surface area contributed by atoms with Gasteiger partial charge >= 0.3 is 0 Å². The molecule has 0 aromatic heterocycles. The molecular weight excluding hydrogens is 174 g/mol. The number of rotatable bonds is 1. The SMILES string of the molecule is c1ccc2c(c1)CCO[C@H]2[C@H]1CCN1. The second-order valence-corrected chi connectivity index (χ2v) is 4.09. The minimum absolute atomic E-state index is 0.300. The molecule has 2 aliphatic heterocycles. The Morgan fingerprint density at radius 3 is 2.93 bits per heavy atom. The van der Waals surface area contributed by atoms with E-state index in [1.807, 2.05) is 0 Å². The summed E-state index contributed by atoms with van der Waals surface area (Å²) in [6.45, 7) is 2.02. The largest absolute Gasteiger partial charge is 0.372 e. The standard InChI is InChI=1S/C12H15NO/c1-2-4-10-9(3-1)6-8-14-12(10)11-5-7-13-11/h1-4,11-13H,5-8H2/t11-,12-/m1/s1. The van der Waals surface area contributed by atoms with Gasteiger partial charge in [-0.05, 0) is 30.5 Å². The Morgan fingerprint density at radius 2 is 2.14 bits per heavy atom. The highest BCUT2D eigenvalue weighted by molar-refractivity contribution is 5.32. The van der Waals surface area contributed by atoms with Gasteiger partial charge in [0.1, 0.15) is 0 Å². The van der Waals surface area contributed by atoms with Crippen LogP contribution in [-0.4, -0.2) is 19.2 Å². The second kappa shape index (κ2) is 3.37. The van der Waals surface area contributed by atoms with Crippen molar-refractivity contribution in [2.75, 3.05) is 13.2 Å². The maximum absolute atomic E-state index is 5.85. The van der Waals surface area contributed by atoms with Crippen LogP contribution in [0.1, 0.15) is 23.7 Å². The summed E-state index contributed by atoms with van der Waals surface area (Å²) in [4.78, 5) is 0. The molecule has 0 unspecified atom stereocenters. The van der Waals surface area contributed by atoms with Gasteiger partial charge in [0.15, 0.2) is 0 Å². The van der Waals surface area contributed by atoms with Crippen molar-refractivity contribution in [3.05, 3.63) is 35.4 Å². The Hall–Kier alpha value is -0.860. The van der Waals surface area contributed by atoms with Crippen molar-refractivity contribution in [3.63, 3.8) is 0 Å². The predicted molar refractivity (Wildman–Crippen MR) is 55.2 cm³/mol. The van der Waals surface area contributed by atoms with Crippen LogP contribution >= 0.6 is 0 Å². The Bertz CT molecular complexity index is 333. The van der Waals surface area contributed by atoms with Gasteiger partial charge in [0.25, 0.3) is 0 Å². The first kappa shape index (κ1) is 8.45. The van der Waals surface area contributed by atoms with E-state index in [0.717, 1.165) is 19.6 Å². The Morgan fingerprint density at radius 1 is 1.29 bits per heavy atom. The third kappa shape index (κ3) is 1.26. The molecule has 1 aromatic rings. The highest BCUT2D eigenvalue weighted by atomic mass is 16.5. The van der Waals surface area contributed by atoms with Crippen molar-refractivity contribution in [3.8, 4) is 0 Å². The second-order valence-electron chi connectivity index (χ2n) is 4.09. The molecule has 2 heterocycles. The summed E-state index contributed by atoms with van der Waals surface area (Å²) < 4.78 is 5.85. The molecule has 2 atom stereocenters. The minimum Gasteiger partial charge on any atom is -0.372 e. The number of ether oxygens (including phenoxy) is 1. The van der Waals surface area contributed by atoms with E-state index in [2.05, 4.69) is 29.6 Å². The van der Waals surface area contributed by atoms with Crippen molar-refractivity contribution in [2.45, 2.75) is 25.0 Å². The van der Waals surface area contributed by atoms with E-state index >= 15 is 0 Å². The van der Waals surface area contributed by atoms with Gasteiger partial charge in [-0.25, -0.2) is 0 Å². The molecule has 1 fully saturated rings. The van der Waals surface area contributed by atoms with Gasteiger partial charge in [-0.15, -0.1) is 0 Å². The zero-order valence-electron chi connectivity index (χ0n) is 8.20. The fourth-order valence-corrected chi connectivity index (χ4v) is 2.33. The van der Waals surface area contributed by atoms with E-state index in [-0.39, 0.29) is 0 Å². The lowest BCUT2D eigenvalue weighted by molar-refractivity contribution is -0.00149. The molecular formula is C12H15NO. The lowest BCUT2D eigenvalue weighted by Gasteiger charge is -2.38. The molecule has 0 amide bonds. The molecule has 2 aliphatic rings. The topological polar surface area (TPSA) is 21.3 Å². The molecule has 3 rings (SSSR count). The predicted octanol–water partition coefficient (Wildman–Crippen LogP) is 1.66. The van der Waals surface area contributed by atoms with Gasteiger partial charge in [0.2, 0.25) is 0 Å². The first-order chi connectivity index (χ1) is 6.95. The van der Waals surface area contributed by atoms with Gasteiger partial charge in [-0.3, -0.25) is 0 Å². The number of nitrogens with one attached hydrogen (secondary N) is 1. The molecule has 14 heavy (non-hydrogen) atoms. The van der Waals surface area contributed by atoms with Crippen molar-refractivity contribution >= 4 is 0 Å². The molecule has 0 spiro atoms. The minimum atomic E-state index is 0.300. The van der Waals surface area contributed by atoms with Gasteiger partial charge in [0.05, 0.1) is 12.7 Å². The summed E-state index contributed by atoms with van der Waals surface area (Å²) in [5.41, 5.74) is 2.87. The van der Waals surface area contributed by atoms with Crippen LogP contribution in [0.5, 0.6) is 0 Å². The maximum atomic E-state index is 5.85. The lowest BCUT2D eigenvalue weighted by atomic mass is 9.89. The maximum Gasteiger partial charge on any atom is 0.0981 e. The Balaban J connectivity index is 1.93. The van der Waals surface area contributed by atoms with Gasteiger partial charge in [-0.1, -0.05) is 24.3 Å². The van der Waals surface area contributed by atoms with E-state index in [9.17, 15) is 0 Å². The summed E-state index contributed by atoms with van der Waals surface area (Å²) in [5, 5.41) is 3.43. The van der Waals surface area contributed by atoms with E-state index in [4.69, 9.17) is 4.74 Å². The summed E-state index contributed by atoms with van der Waals surface area (Å²) in [7, 11) is 0. The molecule has 1 aromatic carbocycles. The summed E-state index contributed by atoms with van der Waals surface area (Å²) in [6, 6.07) is 9.22. The highest BCUT2D eigenvalue weighted by Crippen LogP contribution is 2.32. The average molecular weight is 189 g/mol. The average Bonchev–Trinajstić information content (AvgIpc) is 2.16. The first-order valence-corrected chi connectivity index (χ1v) is 5.38. The number of benzene rings is 1. The van der Waals surface area contributed by atoms with Crippen LogP contribution in [0.3, 0.4) is 0 Å². The van der Waals surface area contributed by atoms with Crippen LogP contribution in [0.15, 0.2) is 24.3 Å². The molecule has 0 saturated carbocycles. The zero-order chi connectivity index (χ0) is 9.38. The van der Waals surface area contributed by atoms with Crippen molar-refractivity contribution in [1.29, 1.82) is 0 Å². The third-order valence-electron chi connectivity index (χ3n) is 3.26. The van der Waals surface area contributed by atoms with Crippen LogP contribution in [0.4, 0.5) is 0 Å². The van der Waals surface area contributed by atoms with E-state index in [0.29, 0.717) is 12.1 Å². The van der Waals surface area contributed by atoms with Crippen LogP contribution in [-0.2, 0) is 11.2 Å². The highest BCUT2D eigenvalue weighted by Gasteiger charge is 2.31. The van der Waals surface area contributed by atoms with Crippen molar-refractivity contribution in [2.24, 2.45) is 0 Å². The van der Waals surface area contributed by atoms with Crippen LogP contribution in [0.25, 0.3) is 0 Å². The quantitative estimate of drug-likeness (QED) is 0.725. The number of hydrogen-bond acceptors (Lipinski definition) is 2. The van der Waals surface area contributed by atoms with Gasteiger partial charge in [-0.2, -0.15) is 0 Å². The Labute approximate surface area is 84.3 Å². The van der Waals surface area contributed by atoms with E-state index in [1.165, 1.54) is 17.5 Å². The van der Waals surface area contributed by atoms with E-state index in [1.54, 1.807) is 0 Å². The molecule has 1 saturated heterocycles. The van der Waals surface area contributed by atoms with Crippen LogP contribution < -0.4 is 5.32 Å². The smallest absolute Gasteiger partial charge is 0.0981 e. The molecule has 0 aliphatic carbocycles. The molecule has 0 radical (unpaired) electrons. The molecule has 74 valence electrons. The summed E-state index contributed by atoms with van der Waals surface area (Å²) >= 11 is 0. The van der Waals surface area contributed by atoms with Crippen molar-refractivity contribution < 1.29 is 4.74 Å². The fraction of sp³-hybridized carbons (Fsp3) is 0.500. The zero-order valence-corrected chi connectivity index (χ0v) is 8.20. The van der Waals surface area contributed by atoms with Crippen molar-refractivity contribution in [1.82, 2.24) is 5.32 Å². The summed E-state index contributed by atoms with van der Waals surface area (Å²) in [6.07, 6.45) is 2.62. The molecule has 2 heteroatoms. The van der Waals surface area contributed by atoms with E-state index < -0.39 is 0 Å². The van der Waals surface area contributed by atoms with Gasteiger partial charge < -0.3 is 10.1 Å². The van der Waals surface area contributed by atoms with Gasteiger partial charge in [0, 0.05) is 6.04 Å². The van der Waals surface area contributed by atoms with Crippen LogP contribution in [0.2, 0.25) is 0 Å². The van der Waals surface area contributed by atoms with Crippen LogP contribution in [0, 0.1) is 0 Å². The number of hydrogen-bond donors (Lipinski definition) is 1. The molecule has 1 N–H and O–H groups in total. The Kier molecular flexibility index (Phi) is 2.03. The monoisotopic (exact) mass is 189 g/mol. The third-order valence-corrected chi connectivity index (χ3v) is 3.26. The first-order valence-electron chi connectivity index (χ1n) is 5.38. The summed E-state index contributed by atoms with van der Waals surface area (Å²) in [5.74, 6) is 0. The number of fused-ring (bicyclic) bond motifs is 1. The molecule has 0 bridgehead atoms. The lowest BCUT2D eigenvalue weighted by Crippen LogP contribution is -2.48. The molecule has 2 nitrogen and oxygen atoms in total. The fourth-order valence-electron chi connectivity index (χ4n) is 2.33.